The van der Waals surface area contributed by atoms with E-state index in [4.69, 9.17) is 9.47 Å². The molecule has 0 radical (unpaired) electrons. The number of rotatable bonds is 7. The molecule has 0 unspecified atom stereocenters. The smallest absolute Gasteiger partial charge is 0.248 e. The SMILES string of the molecule is COCCNC(=O)CN(C)C(=O)COC(C)(C)C. The summed E-state index contributed by atoms with van der Waals surface area (Å²) in [5, 5.41) is 2.64. The van der Waals surface area contributed by atoms with Crippen molar-refractivity contribution in [3.8, 4) is 0 Å². The van der Waals surface area contributed by atoms with Crippen molar-refractivity contribution < 1.29 is 19.1 Å². The summed E-state index contributed by atoms with van der Waals surface area (Å²) in [5.41, 5.74) is -0.364. The minimum atomic E-state index is -0.364. The molecule has 0 bridgehead atoms. The van der Waals surface area contributed by atoms with Crippen LogP contribution in [-0.4, -0.2) is 62.8 Å². The lowest BCUT2D eigenvalue weighted by atomic mass is 10.2. The van der Waals surface area contributed by atoms with Crippen molar-refractivity contribution in [2.24, 2.45) is 0 Å². The van der Waals surface area contributed by atoms with E-state index in [0.717, 1.165) is 0 Å². The molecule has 0 saturated carbocycles. The fraction of sp³-hybridized carbons (Fsp3) is 0.833. The number of methoxy groups -OCH3 is 1. The third-order valence-corrected chi connectivity index (χ3v) is 2.06. The highest BCUT2D eigenvalue weighted by Gasteiger charge is 2.17. The highest BCUT2D eigenvalue weighted by atomic mass is 16.5. The van der Waals surface area contributed by atoms with Crippen molar-refractivity contribution in [3.63, 3.8) is 0 Å². The molecule has 0 atom stereocenters. The first-order valence-corrected chi connectivity index (χ1v) is 5.90. The van der Waals surface area contributed by atoms with Crippen molar-refractivity contribution in [1.82, 2.24) is 10.2 Å². The predicted octanol–water partition coefficient (Wildman–Crippen LogP) is 0.0225. The molecule has 0 saturated heterocycles. The van der Waals surface area contributed by atoms with Crippen LogP contribution in [0.1, 0.15) is 20.8 Å². The van der Waals surface area contributed by atoms with Gasteiger partial charge < -0.3 is 19.7 Å². The predicted molar refractivity (Wildman–Crippen MR) is 68.2 cm³/mol. The van der Waals surface area contributed by atoms with Crippen LogP contribution in [0.5, 0.6) is 0 Å². The average Bonchev–Trinajstić information content (AvgIpc) is 2.25. The van der Waals surface area contributed by atoms with Crippen LogP contribution in [0.4, 0.5) is 0 Å². The van der Waals surface area contributed by atoms with Crippen molar-refractivity contribution >= 4 is 11.8 Å². The van der Waals surface area contributed by atoms with Crippen molar-refractivity contribution in [3.05, 3.63) is 0 Å². The average molecular weight is 260 g/mol. The first-order valence-electron chi connectivity index (χ1n) is 5.90. The number of carbonyl (C=O) groups is 2. The first kappa shape index (κ1) is 16.9. The number of nitrogens with one attached hydrogen (secondary N) is 1. The normalized spacial score (nSPS) is 11.2. The van der Waals surface area contributed by atoms with Crippen LogP contribution in [0.2, 0.25) is 0 Å². The Balaban J connectivity index is 3.89. The molecule has 6 heteroatoms. The molecule has 0 rings (SSSR count). The van der Waals surface area contributed by atoms with E-state index in [1.165, 1.54) is 4.90 Å². The van der Waals surface area contributed by atoms with Gasteiger partial charge in [-0.2, -0.15) is 0 Å². The maximum absolute atomic E-state index is 11.7. The molecule has 0 spiro atoms. The molecule has 2 amide bonds. The molecule has 106 valence electrons. The summed E-state index contributed by atoms with van der Waals surface area (Å²) < 4.78 is 10.2. The van der Waals surface area contributed by atoms with Crippen LogP contribution in [0.3, 0.4) is 0 Å². The first-order chi connectivity index (χ1) is 8.26. The lowest BCUT2D eigenvalue weighted by molar-refractivity contribution is -0.142. The Kier molecular flexibility index (Phi) is 7.54. The zero-order chi connectivity index (χ0) is 14.2. The van der Waals surface area contributed by atoms with Gasteiger partial charge in [0.05, 0.1) is 18.8 Å². The van der Waals surface area contributed by atoms with Crippen molar-refractivity contribution in [1.29, 1.82) is 0 Å². The van der Waals surface area contributed by atoms with Gasteiger partial charge in [-0.25, -0.2) is 0 Å². The summed E-state index contributed by atoms with van der Waals surface area (Å²) in [6.45, 7) is 6.51. The Hall–Kier alpha value is -1.14. The molecular weight excluding hydrogens is 236 g/mol. The third kappa shape index (κ3) is 8.95. The lowest BCUT2D eigenvalue weighted by Gasteiger charge is -2.22. The Morgan fingerprint density at radius 3 is 2.39 bits per heavy atom. The minimum Gasteiger partial charge on any atom is -0.383 e. The van der Waals surface area contributed by atoms with Crippen LogP contribution in [0.25, 0.3) is 0 Å². The summed E-state index contributed by atoms with van der Waals surface area (Å²) in [6, 6.07) is 0. The summed E-state index contributed by atoms with van der Waals surface area (Å²) in [7, 11) is 3.13. The van der Waals surface area contributed by atoms with E-state index in [1.807, 2.05) is 20.8 Å². The zero-order valence-corrected chi connectivity index (χ0v) is 11.9. The lowest BCUT2D eigenvalue weighted by Crippen LogP contribution is -2.41. The van der Waals surface area contributed by atoms with E-state index in [2.05, 4.69) is 5.32 Å². The molecule has 6 nitrogen and oxygen atoms in total. The third-order valence-electron chi connectivity index (χ3n) is 2.06. The van der Waals surface area contributed by atoms with Crippen molar-refractivity contribution in [2.45, 2.75) is 26.4 Å². The molecule has 0 aliphatic heterocycles. The van der Waals surface area contributed by atoms with E-state index < -0.39 is 0 Å². The summed E-state index contributed by atoms with van der Waals surface area (Å²) in [4.78, 5) is 24.4. The van der Waals surface area contributed by atoms with Gasteiger partial charge in [-0.3, -0.25) is 9.59 Å². The van der Waals surface area contributed by atoms with Gasteiger partial charge in [-0.05, 0) is 20.8 Å². The fourth-order valence-corrected chi connectivity index (χ4v) is 1.04. The Morgan fingerprint density at radius 2 is 1.89 bits per heavy atom. The molecule has 0 fully saturated rings. The number of carbonyl (C=O) groups excluding carboxylic acids is 2. The van der Waals surface area contributed by atoms with Gasteiger partial charge in [0.2, 0.25) is 11.8 Å². The highest BCUT2D eigenvalue weighted by Crippen LogP contribution is 2.06. The number of amides is 2. The summed E-state index contributed by atoms with van der Waals surface area (Å²) in [5.74, 6) is -0.425. The summed E-state index contributed by atoms with van der Waals surface area (Å²) in [6.07, 6.45) is 0. The number of likely N-dealkylation sites (N-methyl/N-ethyl adjacent to an activating group) is 1. The van der Waals surface area contributed by atoms with E-state index in [9.17, 15) is 9.59 Å². The highest BCUT2D eigenvalue weighted by molar-refractivity contribution is 5.85. The zero-order valence-electron chi connectivity index (χ0n) is 11.9. The Bertz CT molecular complexity index is 274. The molecule has 0 aromatic rings. The van der Waals surface area contributed by atoms with Gasteiger partial charge in [-0.15, -0.1) is 0 Å². The monoisotopic (exact) mass is 260 g/mol. The molecule has 0 aromatic heterocycles. The molecule has 18 heavy (non-hydrogen) atoms. The second-order valence-corrected chi connectivity index (χ2v) is 4.99. The van der Waals surface area contributed by atoms with E-state index in [-0.39, 0.29) is 30.6 Å². The van der Waals surface area contributed by atoms with Gasteiger partial charge >= 0.3 is 0 Å². The van der Waals surface area contributed by atoms with Gasteiger partial charge in [0, 0.05) is 20.7 Å². The second-order valence-electron chi connectivity index (χ2n) is 4.99. The second kappa shape index (κ2) is 8.05. The van der Waals surface area contributed by atoms with Gasteiger partial charge in [0.15, 0.2) is 0 Å². The van der Waals surface area contributed by atoms with Crippen LogP contribution in [0, 0.1) is 0 Å². The Labute approximate surface area is 109 Å². The topological polar surface area (TPSA) is 67.9 Å². The molecule has 0 heterocycles. The van der Waals surface area contributed by atoms with Crippen LogP contribution >= 0.6 is 0 Å². The van der Waals surface area contributed by atoms with Gasteiger partial charge in [-0.1, -0.05) is 0 Å². The van der Waals surface area contributed by atoms with Crippen molar-refractivity contribution in [2.75, 3.05) is 40.5 Å². The van der Waals surface area contributed by atoms with Crippen LogP contribution < -0.4 is 5.32 Å². The minimum absolute atomic E-state index is 0.0225. The number of ether oxygens (including phenoxy) is 2. The molecular formula is C12H24N2O4. The van der Waals surface area contributed by atoms with Gasteiger partial charge in [0.25, 0.3) is 0 Å². The number of hydrogen-bond donors (Lipinski definition) is 1. The standard InChI is InChI=1S/C12H24N2O4/c1-12(2,3)18-9-11(16)14(4)8-10(15)13-6-7-17-5/h6-9H2,1-5H3,(H,13,15). The largest absolute Gasteiger partial charge is 0.383 e. The Morgan fingerprint density at radius 1 is 1.28 bits per heavy atom. The van der Waals surface area contributed by atoms with Crippen LogP contribution in [0.15, 0.2) is 0 Å². The summed E-state index contributed by atoms with van der Waals surface area (Å²) >= 11 is 0. The molecule has 1 N–H and O–H groups in total. The molecule has 0 aromatic carbocycles. The fourth-order valence-electron chi connectivity index (χ4n) is 1.04. The van der Waals surface area contributed by atoms with E-state index >= 15 is 0 Å². The quantitative estimate of drug-likeness (QED) is 0.655. The maximum Gasteiger partial charge on any atom is 0.248 e. The molecule has 0 aliphatic rings. The van der Waals surface area contributed by atoms with E-state index in [0.29, 0.717) is 13.2 Å². The van der Waals surface area contributed by atoms with E-state index in [1.54, 1.807) is 14.2 Å². The maximum atomic E-state index is 11.7. The van der Waals surface area contributed by atoms with Crippen LogP contribution in [-0.2, 0) is 19.1 Å². The van der Waals surface area contributed by atoms with Gasteiger partial charge in [0.1, 0.15) is 6.61 Å². The number of hydrogen-bond acceptors (Lipinski definition) is 4. The number of nitrogens with zero attached hydrogens (tertiary/aromatic N) is 1. The molecule has 0 aliphatic carbocycles.